The summed E-state index contributed by atoms with van der Waals surface area (Å²) in [5.74, 6) is -0.764. The Labute approximate surface area is 198 Å². The molecule has 7 heteroatoms. The Morgan fingerprint density at radius 3 is 2.52 bits per heavy atom. The molecule has 0 spiro atoms. The van der Waals surface area contributed by atoms with E-state index in [1.54, 1.807) is 30.3 Å². The number of para-hydroxylation sites is 1. The number of hydrogen-bond acceptors (Lipinski definition) is 6. The quantitative estimate of drug-likeness (QED) is 0.335. The lowest BCUT2D eigenvalue weighted by Crippen LogP contribution is -2.14. The fraction of sp³-hybridized carbons (Fsp3) is 0.346. The minimum absolute atomic E-state index is 0.0561. The van der Waals surface area contributed by atoms with Crippen molar-refractivity contribution in [2.24, 2.45) is 17.3 Å². The van der Waals surface area contributed by atoms with Crippen LogP contribution in [0.1, 0.15) is 38.9 Å². The summed E-state index contributed by atoms with van der Waals surface area (Å²) in [5.41, 5.74) is 0.0478. The van der Waals surface area contributed by atoms with E-state index in [9.17, 15) is 14.9 Å². The monoisotopic (exact) mass is 467 g/mol. The van der Waals surface area contributed by atoms with Crippen molar-refractivity contribution in [3.8, 4) is 17.6 Å². The summed E-state index contributed by atoms with van der Waals surface area (Å²) in [7, 11) is 0. The average molecular weight is 468 g/mol. The number of nitrogens with zero attached hydrogens (tertiary/aromatic N) is 1. The highest BCUT2D eigenvalue weighted by Crippen LogP contribution is 2.60. The van der Waals surface area contributed by atoms with Crippen molar-refractivity contribution in [2.45, 2.75) is 33.3 Å². The summed E-state index contributed by atoms with van der Waals surface area (Å²) in [6, 6.07) is 18.1. The van der Waals surface area contributed by atoms with Crippen molar-refractivity contribution < 1.29 is 23.8 Å². The van der Waals surface area contributed by atoms with Crippen molar-refractivity contribution in [2.75, 3.05) is 6.61 Å². The van der Waals surface area contributed by atoms with Crippen LogP contribution in [0.5, 0.6) is 11.5 Å². The largest absolute Gasteiger partial charge is 0.461 e. The number of carbonyl (C=O) groups is 2. The number of allylic oxidation sites excluding steroid dienone is 1. The minimum atomic E-state index is -1.09. The molecule has 0 saturated heterocycles. The van der Waals surface area contributed by atoms with Crippen LogP contribution in [0.2, 0.25) is 0 Å². The van der Waals surface area contributed by atoms with Crippen LogP contribution in [0.25, 0.3) is 0 Å². The van der Waals surface area contributed by atoms with E-state index in [0.717, 1.165) is 0 Å². The highest BCUT2D eigenvalue weighted by molar-refractivity contribution is 6.41. The molecule has 0 aromatic heterocycles. The van der Waals surface area contributed by atoms with E-state index < -0.39 is 29.4 Å². The van der Waals surface area contributed by atoms with Gasteiger partial charge in [0, 0.05) is 5.56 Å². The van der Waals surface area contributed by atoms with Crippen LogP contribution in [0.3, 0.4) is 0 Å². The van der Waals surface area contributed by atoms with E-state index in [1.807, 2.05) is 57.2 Å². The van der Waals surface area contributed by atoms with Gasteiger partial charge in [-0.3, -0.25) is 4.79 Å². The first kappa shape index (κ1) is 24.3. The molecule has 0 N–H and O–H groups in total. The summed E-state index contributed by atoms with van der Waals surface area (Å²) in [6.07, 6.45) is 1.14. The fourth-order valence-electron chi connectivity index (χ4n) is 3.65. The van der Waals surface area contributed by atoms with Crippen molar-refractivity contribution >= 4 is 23.5 Å². The predicted octanol–water partition coefficient (Wildman–Crippen LogP) is 5.93. The molecule has 33 heavy (non-hydrogen) atoms. The number of ether oxygens (including phenoxy) is 3. The molecule has 0 radical (unpaired) electrons. The molecule has 0 aliphatic heterocycles. The molecule has 3 rings (SSSR count). The number of esters is 2. The van der Waals surface area contributed by atoms with E-state index in [1.165, 1.54) is 0 Å². The Hall–Kier alpha value is -3.30. The Morgan fingerprint density at radius 2 is 1.85 bits per heavy atom. The van der Waals surface area contributed by atoms with Gasteiger partial charge in [0.15, 0.2) is 0 Å². The molecule has 0 amide bonds. The lowest BCUT2D eigenvalue weighted by Gasteiger charge is -2.13. The number of carbonyl (C=O) groups excluding carboxylic acids is 2. The van der Waals surface area contributed by atoms with Crippen molar-refractivity contribution in [3.63, 3.8) is 0 Å². The molecule has 2 aromatic rings. The van der Waals surface area contributed by atoms with Gasteiger partial charge < -0.3 is 14.2 Å². The molecular formula is C26H26ClNO5. The lowest BCUT2D eigenvalue weighted by atomic mass is 10.1. The first-order chi connectivity index (χ1) is 15.8. The standard InChI is InChI=1S/C26H26ClNO5/c1-4-13-31-24(29)21(27)15-20-23(26(20,2)3)25(30)33-22(16-28)17-9-8-12-19(14-17)32-18-10-6-5-7-11-18/h5-12,14-15,20,22-23H,4,13H2,1-3H3/b21-15+/t20-,22+,23-/m0/s1. The van der Waals surface area contributed by atoms with Crippen LogP contribution < -0.4 is 4.74 Å². The predicted molar refractivity (Wildman–Crippen MR) is 123 cm³/mol. The van der Waals surface area contributed by atoms with Gasteiger partial charge >= 0.3 is 11.9 Å². The van der Waals surface area contributed by atoms with Crippen molar-refractivity contribution in [1.29, 1.82) is 5.26 Å². The fourth-order valence-corrected chi connectivity index (χ4v) is 3.84. The molecule has 2 aromatic carbocycles. The van der Waals surface area contributed by atoms with Gasteiger partial charge in [-0.1, -0.05) is 68.8 Å². The average Bonchev–Trinajstić information content (AvgIpc) is 3.35. The van der Waals surface area contributed by atoms with E-state index in [4.69, 9.17) is 25.8 Å². The molecule has 1 aliphatic rings. The molecule has 0 bridgehead atoms. The number of halogens is 1. The lowest BCUT2D eigenvalue weighted by molar-refractivity contribution is -0.149. The maximum absolute atomic E-state index is 12.9. The van der Waals surface area contributed by atoms with E-state index in [0.29, 0.717) is 23.5 Å². The van der Waals surface area contributed by atoms with E-state index in [-0.39, 0.29) is 17.6 Å². The second-order valence-corrected chi connectivity index (χ2v) is 8.82. The highest BCUT2D eigenvalue weighted by atomic mass is 35.5. The SMILES string of the molecule is CCCOC(=O)/C(Cl)=C\[C@H]1[C@@H](C(=O)O[C@H](C#N)c2cccc(Oc3ccccc3)c2)C1(C)C. The van der Waals surface area contributed by atoms with Crippen LogP contribution in [0.4, 0.5) is 0 Å². The Morgan fingerprint density at radius 1 is 1.15 bits per heavy atom. The number of nitriles is 1. The Balaban J connectivity index is 1.68. The summed E-state index contributed by atoms with van der Waals surface area (Å²) in [4.78, 5) is 24.8. The highest BCUT2D eigenvalue weighted by Gasteiger charge is 2.62. The minimum Gasteiger partial charge on any atom is -0.461 e. The third-order valence-corrected chi connectivity index (χ3v) is 5.89. The maximum Gasteiger partial charge on any atom is 0.349 e. The van der Waals surface area contributed by atoms with Crippen LogP contribution >= 0.6 is 11.6 Å². The van der Waals surface area contributed by atoms with Gasteiger partial charge in [0.25, 0.3) is 0 Å². The zero-order valence-electron chi connectivity index (χ0n) is 18.8. The van der Waals surface area contributed by atoms with Crippen LogP contribution in [-0.2, 0) is 19.1 Å². The Bertz CT molecular complexity index is 1070. The topological polar surface area (TPSA) is 85.6 Å². The smallest absolute Gasteiger partial charge is 0.349 e. The van der Waals surface area contributed by atoms with Gasteiger partial charge in [-0.2, -0.15) is 5.26 Å². The molecule has 6 nitrogen and oxygen atoms in total. The first-order valence-electron chi connectivity index (χ1n) is 10.7. The number of hydrogen-bond donors (Lipinski definition) is 0. The van der Waals surface area contributed by atoms with Crippen molar-refractivity contribution in [1.82, 2.24) is 0 Å². The molecular weight excluding hydrogens is 442 g/mol. The number of benzene rings is 2. The molecule has 1 saturated carbocycles. The molecule has 3 atom stereocenters. The molecule has 0 unspecified atom stereocenters. The third kappa shape index (κ3) is 5.94. The number of rotatable bonds is 9. The van der Waals surface area contributed by atoms with Gasteiger partial charge in [-0.25, -0.2) is 4.79 Å². The molecule has 0 heterocycles. The van der Waals surface area contributed by atoms with Gasteiger partial charge in [-0.05, 0) is 42.0 Å². The zero-order chi connectivity index (χ0) is 24.0. The Kier molecular flexibility index (Phi) is 7.78. The van der Waals surface area contributed by atoms with Crippen molar-refractivity contribution in [3.05, 3.63) is 71.3 Å². The zero-order valence-corrected chi connectivity index (χ0v) is 19.5. The normalized spacial score (nSPS) is 19.7. The second-order valence-electron chi connectivity index (χ2n) is 8.41. The first-order valence-corrected chi connectivity index (χ1v) is 11.1. The van der Waals surface area contributed by atoms with Gasteiger partial charge in [0.05, 0.1) is 12.5 Å². The van der Waals surface area contributed by atoms with E-state index in [2.05, 4.69) is 0 Å². The van der Waals surface area contributed by atoms with Gasteiger partial charge in [-0.15, -0.1) is 0 Å². The van der Waals surface area contributed by atoms with Crippen LogP contribution in [0.15, 0.2) is 65.7 Å². The molecule has 1 aliphatic carbocycles. The maximum atomic E-state index is 12.9. The van der Waals surface area contributed by atoms with E-state index >= 15 is 0 Å². The summed E-state index contributed by atoms with van der Waals surface area (Å²) in [6.45, 7) is 5.93. The third-order valence-electron chi connectivity index (χ3n) is 5.61. The second kappa shape index (κ2) is 10.5. The van der Waals surface area contributed by atoms with Gasteiger partial charge in [0.2, 0.25) is 6.10 Å². The van der Waals surface area contributed by atoms with Crippen LogP contribution in [0, 0.1) is 28.6 Å². The summed E-state index contributed by atoms with van der Waals surface area (Å²) in [5, 5.41) is 9.59. The van der Waals surface area contributed by atoms with Gasteiger partial charge in [0.1, 0.15) is 22.6 Å². The summed E-state index contributed by atoms with van der Waals surface area (Å²) >= 11 is 6.08. The molecule has 1 fully saturated rings. The van der Waals surface area contributed by atoms with Crippen LogP contribution in [-0.4, -0.2) is 18.5 Å². The summed E-state index contributed by atoms with van der Waals surface area (Å²) < 4.78 is 16.4. The molecule has 172 valence electrons.